The molecule has 2 aromatic rings. The molecule has 0 atom stereocenters. The summed E-state index contributed by atoms with van der Waals surface area (Å²) in [6.45, 7) is 2.31. The summed E-state index contributed by atoms with van der Waals surface area (Å²) in [6, 6.07) is 9.60. The summed E-state index contributed by atoms with van der Waals surface area (Å²) in [6.07, 6.45) is 4.56. The van der Waals surface area contributed by atoms with Gasteiger partial charge in [0, 0.05) is 25.8 Å². The number of ether oxygens (including phenoxy) is 1. The van der Waals surface area contributed by atoms with Crippen molar-refractivity contribution in [1.29, 1.82) is 0 Å². The summed E-state index contributed by atoms with van der Waals surface area (Å²) in [4.78, 5) is 22.8. The Morgan fingerprint density at radius 1 is 1.25 bits per heavy atom. The maximum Gasteiger partial charge on any atom is 0.272 e. The molecule has 24 heavy (non-hydrogen) atoms. The molecule has 1 aromatic heterocycles. The van der Waals surface area contributed by atoms with Crippen LogP contribution >= 0.6 is 0 Å². The number of likely N-dealkylation sites (tertiary alicyclic amines) is 1. The first-order valence-electron chi connectivity index (χ1n) is 8.26. The van der Waals surface area contributed by atoms with Crippen molar-refractivity contribution >= 4 is 11.9 Å². The third-order valence-electron chi connectivity index (χ3n) is 4.14. The molecule has 0 aliphatic carbocycles. The normalized spacial score (nSPS) is 13.8. The number of nitrogens with zero attached hydrogens (tertiary/aromatic N) is 3. The molecule has 6 nitrogen and oxygen atoms in total. The Bertz CT molecular complexity index is 699. The molecule has 1 saturated heterocycles. The molecule has 1 aromatic carbocycles. The van der Waals surface area contributed by atoms with Crippen molar-refractivity contribution < 1.29 is 9.53 Å². The third-order valence-corrected chi connectivity index (χ3v) is 4.14. The zero-order chi connectivity index (χ0) is 16.8. The van der Waals surface area contributed by atoms with Crippen molar-refractivity contribution in [2.24, 2.45) is 0 Å². The van der Waals surface area contributed by atoms with Crippen LogP contribution in [0.25, 0.3) is 0 Å². The predicted octanol–water partition coefficient (Wildman–Crippen LogP) is 2.38. The molecule has 1 N–H and O–H groups in total. The third kappa shape index (κ3) is 3.82. The quantitative estimate of drug-likeness (QED) is 0.883. The Labute approximate surface area is 141 Å². The van der Waals surface area contributed by atoms with Crippen molar-refractivity contribution in [3.8, 4) is 5.75 Å². The van der Waals surface area contributed by atoms with Gasteiger partial charge < -0.3 is 15.0 Å². The van der Waals surface area contributed by atoms with Gasteiger partial charge >= 0.3 is 0 Å². The molecule has 0 bridgehead atoms. The molecule has 6 heteroatoms. The van der Waals surface area contributed by atoms with Crippen molar-refractivity contribution in [2.75, 3.05) is 32.1 Å². The number of amides is 1. The molecule has 1 fully saturated rings. The Morgan fingerprint density at radius 2 is 2.04 bits per heavy atom. The van der Waals surface area contributed by atoms with Crippen LogP contribution in [0, 0.1) is 0 Å². The number of carbonyl (C=O) groups is 1. The maximum absolute atomic E-state index is 12.4. The molecule has 0 spiro atoms. The zero-order valence-corrected chi connectivity index (χ0v) is 13.9. The number of anilines is 1. The summed E-state index contributed by atoms with van der Waals surface area (Å²) >= 11 is 0. The smallest absolute Gasteiger partial charge is 0.272 e. The molecular weight excluding hydrogens is 304 g/mol. The van der Waals surface area contributed by atoms with E-state index in [4.69, 9.17) is 4.74 Å². The maximum atomic E-state index is 12.4. The van der Waals surface area contributed by atoms with E-state index >= 15 is 0 Å². The first kappa shape index (κ1) is 16.2. The van der Waals surface area contributed by atoms with Crippen LogP contribution < -0.4 is 10.1 Å². The van der Waals surface area contributed by atoms with Gasteiger partial charge in [0.1, 0.15) is 11.4 Å². The standard InChI is InChI=1S/C18H22N4O2/c1-24-16-7-3-2-6-14(16)8-10-19-18-20-11-9-15(21-18)17(23)22-12-4-5-13-22/h2-3,6-7,9,11H,4-5,8,10,12-13H2,1H3,(H,19,20,21). The van der Waals surface area contributed by atoms with Crippen LogP contribution in [-0.2, 0) is 6.42 Å². The number of hydrogen-bond acceptors (Lipinski definition) is 5. The summed E-state index contributed by atoms with van der Waals surface area (Å²) in [5.41, 5.74) is 1.57. The molecule has 0 saturated carbocycles. The lowest BCUT2D eigenvalue weighted by molar-refractivity contribution is 0.0787. The lowest BCUT2D eigenvalue weighted by atomic mass is 10.1. The van der Waals surface area contributed by atoms with E-state index in [2.05, 4.69) is 15.3 Å². The molecule has 1 aliphatic rings. The average molecular weight is 326 g/mol. The highest BCUT2D eigenvalue weighted by Gasteiger charge is 2.20. The van der Waals surface area contributed by atoms with Crippen LogP contribution in [0.2, 0.25) is 0 Å². The number of para-hydroxylation sites is 1. The van der Waals surface area contributed by atoms with Gasteiger partial charge in [-0.05, 0) is 37.0 Å². The summed E-state index contributed by atoms with van der Waals surface area (Å²) < 4.78 is 5.35. The van der Waals surface area contributed by atoms with Gasteiger partial charge in [-0.1, -0.05) is 18.2 Å². The number of methoxy groups -OCH3 is 1. The molecule has 1 amide bonds. The van der Waals surface area contributed by atoms with Crippen LogP contribution in [0.3, 0.4) is 0 Å². The van der Waals surface area contributed by atoms with Gasteiger partial charge in [-0.15, -0.1) is 0 Å². The van der Waals surface area contributed by atoms with E-state index in [0.717, 1.165) is 43.7 Å². The second-order valence-corrected chi connectivity index (χ2v) is 5.75. The number of carbonyl (C=O) groups excluding carboxylic acids is 1. The average Bonchev–Trinajstić information content (AvgIpc) is 3.16. The summed E-state index contributed by atoms with van der Waals surface area (Å²) in [5.74, 6) is 1.34. The Kier molecular flexibility index (Phi) is 5.25. The van der Waals surface area contributed by atoms with Crippen LogP contribution in [-0.4, -0.2) is 47.5 Å². The summed E-state index contributed by atoms with van der Waals surface area (Å²) in [5, 5.41) is 3.18. The van der Waals surface area contributed by atoms with Crippen LogP contribution in [0.5, 0.6) is 5.75 Å². The Morgan fingerprint density at radius 3 is 2.83 bits per heavy atom. The van der Waals surface area contributed by atoms with Gasteiger partial charge in [0.2, 0.25) is 5.95 Å². The predicted molar refractivity (Wildman–Crippen MR) is 92.4 cm³/mol. The highest BCUT2D eigenvalue weighted by molar-refractivity contribution is 5.92. The molecule has 1 aliphatic heterocycles. The first-order valence-corrected chi connectivity index (χ1v) is 8.26. The molecular formula is C18H22N4O2. The largest absolute Gasteiger partial charge is 0.496 e. The monoisotopic (exact) mass is 326 g/mol. The number of rotatable bonds is 6. The molecule has 0 radical (unpaired) electrons. The topological polar surface area (TPSA) is 67.3 Å². The van der Waals surface area contributed by atoms with Gasteiger partial charge in [-0.3, -0.25) is 4.79 Å². The number of benzene rings is 1. The van der Waals surface area contributed by atoms with E-state index in [-0.39, 0.29) is 5.91 Å². The lowest BCUT2D eigenvalue weighted by Crippen LogP contribution is -2.28. The van der Waals surface area contributed by atoms with Crippen molar-refractivity contribution in [3.05, 3.63) is 47.8 Å². The summed E-state index contributed by atoms with van der Waals surface area (Å²) in [7, 11) is 1.67. The van der Waals surface area contributed by atoms with Crippen molar-refractivity contribution in [3.63, 3.8) is 0 Å². The van der Waals surface area contributed by atoms with E-state index in [0.29, 0.717) is 18.2 Å². The van der Waals surface area contributed by atoms with Crippen LogP contribution in [0.4, 0.5) is 5.95 Å². The van der Waals surface area contributed by atoms with Crippen molar-refractivity contribution in [1.82, 2.24) is 14.9 Å². The van der Waals surface area contributed by atoms with Crippen molar-refractivity contribution in [2.45, 2.75) is 19.3 Å². The SMILES string of the molecule is COc1ccccc1CCNc1nccc(C(=O)N2CCCC2)n1. The fourth-order valence-corrected chi connectivity index (χ4v) is 2.86. The fraction of sp³-hybridized carbons (Fsp3) is 0.389. The lowest BCUT2D eigenvalue weighted by Gasteiger charge is -2.15. The van der Waals surface area contributed by atoms with Crippen LogP contribution in [0.15, 0.2) is 36.5 Å². The fourth-order valence-electron chi connectivity index (χ4n) is 2.86. The first-order chi connectivity index (χ1) is 11.8. The minimum Gasteiger partial charge on any atom is -0.496 e. The molecule has 2 heterocycles. The van der Waals surface area contributed by atoms with Gasteiger partial charge in [0.25, 0.3) is 5.91 Å². The minimum absolute atomic E-state index is 0.0114. The molecule has 3 rings (SSSR count). The van der Waals surface area contributed by atoms with E-state index in [1.807, 2.05) is 29.2 Å². The van der Waals surface area contributed by atoms with Gasteiger partial charge in [0.05, 0.1) is 7.11 Å². The second-order valence-electron chi connectivity index (χ2n) is 5.75. The van der Waals surface area contributed by atoms with E-state index in [9.17, 15) is 4.79 Å². The van der Waals surface area contributed by atoms with Gasteiger partial charge in [0.15, 0.2) is 0 Å². The molecule has 126 valence electrons. The van der Waals surface area contributed by atoms with Crippen LogP contribution in [0.1, 0.15) is 28.9 Å². The number of aromatic nitrogens is 2. The van der Waals surface area contributed by atoms with E-state index in [1.165, 1.54) is 0 Å². The van der Waals surface area contributed by atoms with Gasteiger partial charge in [-0.25, -0.2) is 9.97 Å². The molecule has 0 unspecified atom stereocenters. The Hall–Kier alpha value is -2.63. The highest BCUT2D eigenvalue weighted by atomic mass is 16.5. The van der Waals surface area contributed by atoms with E-state index < -0.39 is 0 Å². The minimum atomic E-state index is -0.0114. The Balaban J connectivity index is 1.59. The number of nitrogens with one attached hydrogen (secondary N) is 1. The zero-order valence-electron chi connectivity index (χ0n) is 13.9. The number of hydrogen-bond donors (Lipinski definition) is 1. The highest BCUT2D eigenvalue weighted by Crippen LogP contribution is 2.17. The second kappa shape index (κ2) is 7.77. The van der Waals surface area contributed by atoms with E-state index in [1.54, 1.807) is 19.4 Å². The van der Waals surface area contributed by atoms with Gasteiger partial charge in [-0.2, -0.15) is 0 Å².